The van der Waals surface area contributed by atoms with Crippen LogP contribution in [0.25, 0.3) is 0 Å². The number of nitrogens with zero attached hydrogens (tertiary/aromatic N) is 2. The van der Waals surface area contributed by atoms with Crippen LogP contribution in [0.3, 0.4) is 0 Å². The van der Waals surface area contributed by atoms with E-state index >= 15 is 0 Å². The van der Waals surface area contributed by atoms with Gasteiger partial charge in [-0.15, -0.1) is 0 Å². The van der Waals surface area contributed by atoms with Crippen molar-refractivity contribution < 1.29 is 14.6 Å². The van der Waals surface area contributed by atoms with E-state index in [0.717, 1.165) is 12.1 Å². The molecule has 0 amide bonds. The fourth-order valence-electron chi connectivity index (χ4n) is 2.04. The van der Waals surface area contributed by atoms with Crippen molar-refractivity contribution in [1.82, 2.24) is 5.01 Å². The van der Waals surface area contributed by atoms with Gasteiger partial charge < -0.3 is 14.6 Å². The molecule has 0 spiro atoms. The largest absolute Gasteiger partial charge is 0.499 e. The average molecular weight is 256 g/mol. The van der Waals surface area contributed by atoms with Crippen molar-refractivity contribution in [2.45, 2.75) is 38.8 Å². The molecule has 0 aliphatic carbocycles. The van der Waals surface area contributed by atoms with E-state index in [1.165, 1.54) is 6.26 Å². The van der Waals surface area contributed by atoms with Gasteiger partial charge in [0.25, 0.3) is 0 Å². The Morgan fingerprint density at radius 1 is 1.56 bits per heavy atom. The van der Waals surface area contributed by atoms with Crippen LogP contribution in [-0.2, 0) is 9.47 Å². The fraction of sp³-hybridized carbons (Fsp3) is 0.769. The first-order valence-corrected chi connectivity index (χ1v) is 6.26. The van der Waals surface area contributed by atoms with E-state index in [4.69, 9.17) is 9.47 Å². The van der Waals surface area contributed by atoms with Gasteiger partial charge in [-0.25, -0.2) is 0 Å². The highest BCUT2D eigenvalue weighted by molar-refractivity contribution is 5.84. The van der Waals surface area contributed by atoms with E-state index in [1.54, 1.807) is 0 Å². The Labute approximate surface area is 109 Å². The quantitative estimate of drug-likeness (QED) is 0.526. The van der Waals surface area contributed by atoms with Crippen LogP contribution in [0.15, 0.2) is 17.9 Å². The maximum atomic E-state index is 9.89. The number of β-amino-alcohol motifs (C(OH)–C–C–N with tert-alkyl or cyclic N) is 1. The standard InChI is InChI=1S/C13H24N2O3/c1-5-17-6-7-18-10-12(16)9-15-13(3,4)8-11(2)14-15/h5,12,16H,1,6-10H2,2-4H3. The van der Waals surface area contributed by atoms with Crippen molar-refractivity contribution in [2.24, 2.45) is 5.10 Å². The number of aliphatic hydroxyl groups excluding tert-OH is 1. The summed E-state index contributed by atoms with van der Waals surface area (Å²) < 4.78 is 10.2. The maximum absolute atomic E-state index is 9.89. The highest BCUT2D eigenvalue weighted by Gasteiger charge is 2.33. The van der Waals surface area contributed by atoms with Gasteiger partial charge in [-0.2, -0.15) is 5.10 Å². The maximum Gasteiger partial charge on any atom is 0.111 e. The molecular formula is C13H24N2O3. The van der Waals surface area contributed by atoms with Gasteiger partial charge >= 0.3 is 0 Å². The van der Waals surface area contributed by atoms with Crippen LogP contribution in [0.4, 0.5) is 0 Å². The summed E-state index contributed by atoms with van der Waals surface area (Å²) in [7, 11) is 0. The molecule has 0 radical (unpaired) electrons. The van der Waals surface area contributed by atoms with E-state index in [0.29, 0.717) is 26.4 Å². The minimum atomic E-state index is -0.539. The van der Waals surface area contributed by atoms with Gasteiger partial charge in [0.05, 0.1) is 37.7 Å². The smallest absolute Gasteiger partial charge is 0.111 e. The molecule has 1 N–H and O–H groups in total. The Kier molecular flexibility index (Phi) is 5.62. The first-order chi connectivity index (χ1) is 8.45. The third-order valence-corrected chi connectivity index (χ3v) is 2.84. The normalized spacial score (nSPS) is 19.6. The van der Waals surface area contributed by atoms with Gasteiger partial charge in [0, 0.05) is 12.1 Å². The highest BCUT2D eigenvalue weighted by Crippen LogP contribution is 2.26. The molecule has 0 aromatic heterocycles. The highest BCUT2D eigenvalue weighted by atomic mass is 16.5. The van der Waals surface area contributed by atoms with Crippen molar-refractivity contribution in [2.75, 3.05) is 26.4 Å². The molecule has 18 heavy (non-hydrogen) atoms. The molecule has 0 saturated carbocycles. The molecule has 5 heteroatoms. The third-order valence-electron chi connectivity index (χ3n) is 2.84. The molecule has 0 bridgehead atoms. The molecule has 0 aromatic carbocycles. The molecule has 0 fully saturated rings. The summed E-state index contributed by atoms with van der Waals surface area (Å²) in [6, 6.07) is 0. The van der Waals surface area contributed by atoms with Crippen molar-refractivity contribution in [1.29, 1.82) is 0 Å². The summed E-state index contributed by atoms with van der Waals surface area (Å²) in [5.74, 6) is 0. The molecule has 1 heterocycles. The predicted octanol–water partition coefficient (Wildman–Crippen LogP) is 1.38. The topological polar surface area (TPSA) is 54.3 Å². The summed E-state index contributed by atoms with van der Waals surface area (Å²) in [5.41, 5.74) is 1.09. The zero-order valence-electron chi connectivity index (χ0n) is 11.6. The fourth-order valence-corrected chi connectivity index (χ4v) is 2.04. The minimum Gasteiger partial charge on any atom is -0.499 e. The van der Waals surface area contributed by atoms with Crippen LogP contribution in [-0.4, -0.2) is 53.8 Å². The summed E-state index contributed by atoms with van der Waals surface area (Å²) in [4.78, 5) is 0. The van der Waals surface area contributed by atoms with Crippen molar-refractivity contribution in [3.63, 3.8) is 0 Å². The molecule has 1 unspecified atom stereocenters. The van der Waals surface area contributed by atoms with Gasteiger partial charge in [-0.3, -0.25) is 5.01 Å². The molecule has 104 valence electrons. The summed E-state index contributed by atoms with van der Waals surface area (Å²) in [5, 5.41) is 16.3. The van der Waals surface area contributed by atoms with Gasteiger partial charge in [0.15, 0.2) is 0 Å². The first-order valence-electron chi connectivity index (χ1n) is 6.26. The van der Waals surface area contributed by atoms with Gasteiger partial charge in [0.1, 0.15) is 6.61 Å². The SMILES string of the molecule is C=COCCOCC(O)CN1N=C(C)CC1(C)C. The molecule has 0 aromatic rings. The van der Waals surface area contributed by atoms with Crippen molar-refractivity contribution >= 4 is 5.71 Å². The minimum absolute atomic E-state index is 0.0169. The summed E-state index contributed by atoms with van der Waals surface area (Å²) in [6.07, 6.45) is 1.78. The summed E-state index contributed by atoms with van der Waals surface area (Å²) in [6.45, 7) is 11.4. The van der Waals surface area contributed by atoms with E-state index < -0.39 is 6.10 Å². The zero-order valence-corrected chi connectivity index (χ0v) is 11.6. The molecule has 1 rings (SSSR count). The molecule has 5 nitrogen and oxygen atoms in total. The monoisotopic (exact) mass is 256 g/mol. The van der Waals surface area contributed by atoms with E-state index in [1.807, 2.05) is 11.9 Å². The lowest BCUT2D eigenvalue weighted by atomic mass is 9.99. The zero-order chi connectivity index (χ0) is 13.6. The van der Waals surface area contributed by atoms with Crippen molar-refractivity contribution in [3.8, 4) is 0 Å². The summed E-state index contributed by atoms with van der Waals surface area (Å²) >= 11 is 0. The molecule has 1 atom stereocenters. The second-order valence-corrected chi connectivity index (χ2v) is 5.17. The van der Waals surface area contributed by atoms with Crippen LogP contribution in [0.5, 0.6) is 0 Å². The Morgan fingerprint density at radius 3 is 2.83 bits per heavy atom. The lowest BCUT2D eigenvalue weighted by Gasteiger charge is -2.32. The number of aliphatic hydroxyl groups is 1. The Bertz CT molecular complexity index is 303. The number of ether oxygens (including phenoxy) is 2. The Morgan fingerprint density at radius 2 is 2.28 bits per heavy atom. The second-order valence-electron chi connectivity index (χ2n) is 5.17. The van der Waals surface area contributed by atoms with Crippen LogP contribution >= 0.6 is 0 Å². The third kappa shape index (κ3) is 4.66. The van der Waals surface area contributed by atoms with Crippen LogP contribution < -0.4 is 0 Å². The van der Waals surface area contributed by atoms with Crippen molar-refractivity contribution in [3.05, 3.63) is 12.8 Å². The first kappa shape index (κ1) is 15.0. The number of hydrogen-bond acceptors (Lipinski definition) is 5. The second kappa shape index (κ2) is 6.75. The average Bonchev–Trinajstić information content (AvgIpc) is 2.51. The van der Waals surface area contributed by atoms with Crippen LogP contribution in [0, 0.1) is 0 Å². The van der Waals surface area contributed by atoms with E-state index in [9.17, 15) is 5.11 Å². The Hall–Kier alpha value is -1.07. The molecule has 1 aliphatic heterocycles. The van der Waals surface area contributed by atoms with Gasteiger partial charge in [-0.05, 0) is 20.8 Å². The lowest BCUT2D eigenvalue weighted by molar-refractivity contribution is -0.00862. The molecular weight excluding hydrogens is 232 g/mol. The number of rotatable bonds is 8. The number of hydrazone groups is 1. The van der Waals surface area contributed by atoms with Crippen LogP contribution in [0.1, 0.15) is 27.2 Å². The molecule has 0 saturated heterocycles. The predicted molar refractivity (Wildman–Crippen MR) is 71.5 cm³/mol. The lowest BCUT2D eigenvalue weighted by Crippen LogP contribution is -2.42. The van der Waals surface area contributed by atoms with Crippen LogP contribution in [0.2, 0.25) is 0 Å². The Balaban J connectivity index is 2.23. The van der Waals surface area contributed by atoms with E-state index in [2.05, 4.69) is 25.5 Å². The molecule has 1 aliphatic rings. The van der Waals surface area contributed by atoms with Gasteiger partial charge in [-0.1, -0.05) is 6.58 Å². The number of hydrogen-bond donors (Lipinski definition) is 1. The van der Waals surface area contributed by atoms with Gasteiger partial charge in [0.2, 0.25) is 0 Å². The van der Waals surface area contributed by atoms with E-state index in [-0.39, 0.29) is 5.54 Å².